The van der Waals surface area contributed by atoms with Gasteiger partial charge in [0.15, 0.2) is 0 Å². The Labute approximate surface area is 115 Å². The summed E-state index contributed by atoms with van der Waals surface area (Å²) in [4.78, 5) is 20.3. The molecule has 0 saturated carbocycles. The van der Waals surface area contributed by atoms with Gasteiger partial charge in [-0.2, -0.15) is 0 Å². The van der Waals surface area contributed by atoms with Crippen LogP contribution >= 0.6 is 0 Å². The van der Waals surface area contributed by atoms with E-state index in [4.69, 9.17) is 0 Å². The summed E-state index contributed by atoms with van der Waals surface area (Å²) in [5, 5.41) is 6.02. The Bertz CT molecular complexity index is 418. The summed E-state index contributed by atoms with van der Waals surface area (Å²) < 4.78 is 0. The molecule has 0 aliphatic heterocycles. The second-order valence-electron chi connectivity index (χ2n) is 4.93. The lowest BCUT2D eigenvalue weighted by atomic mass is 10.2. The van der Waals surface area contributed by atoms with E-state index in [1.165, 1.54) is 0 Å². The van der Waals surface area contributed by atoms with Gasteiger partial charge in [-0.3, -0.25) is 4.79 Å². The van der Waals surface area contributed by atoms with Crippen molar-refractivity contribution in [2.75, 3.05) is 18.4 Å². The average Bonchev–Trinajstić information content (AvgIpc) is 2.35. The molecule has 1 amide bonds. The third kappa shape index (κ3) is 5.68. The maximum Gasteiger partial charge on any atom is 0.221 e. The summed E-state index contributed by atoms with van der Waals surface area (Å²) in [5.41, 5.74) is 0.941. The number of hydrogen-bond donors (Lipinski definition) is 2. The molecule has 0 atom stereocenters. The van der Waals surface area contributed by atoms with Crippen molar-refractivity contribution in [2.24, 2.45) is 0 Å². The highest BCUT2D eigenvalue weighted by atomic mass is 16.1. The predicted octanol–water partition coefficient (Wildman–Crippen LogP) is 2.24. The molecule has 0 saturated heterocycles. The normalized spacial score (nSPS) is 10.6. The third-order valence-corrected chi connectivity index (χ3v) is 2.62. The van der Waals surface area contributed by atoms with Crippen molar-refractivity contribution in [1.29, 1.82) is 0 Å². The minimum atomic E-state index is 0.0733. The number of amides is 1. The van der Waals surface area contributed by atoms with Gasteiger partial charge in [0, 0.05) is 37.2 Å². The lowest BCUT2D eigenvalue weighted by molar-refractivity contribution is -0.120. The maximum atomic E-state index is 11.5. The summed E-state index contributed by atoms with van der Waals surface area (Å²) in [6.45, 7) is 9.45. The predicted molar refractivity (Wildman–Crippen MR) is 77.3 cm³/mol. The molecule has 0 unspecified atom stereocenters. The van der Waals surface area contributed by atoms with E-state index >= 15 is 0 Å². The number of carbonyl (C=O) groups is 1. The van der Waals surface area contributed by atoms with Crippen LogP contribution in [0.2, 0.25) is 0 Å². The van der Waals surface area contributed by atoms with E-state index in [0.29, 0.717) is 18.9 Å². The second kappa shape index (κ2) is 7.71. The zero-order valence-electron chi connectivity index (χ0n) is 12.3. The Morgan fingerprint density at radius 3 is 2.68 bits per heavy atom. The summed E-state index contributed by atoms with van der Waals surface area (Å²) in [6.07, 6.45) is 1.42. The average molecular weight is 264 g/mol. The first-order valence-electron chi connectivity index (χ1n) is 6.89. The first-order valence-corrected chi connectivity index (χ1v) is 6.89. The molecular weight excluding hydrogens is 240 g/mol. The Morgan fingerprint density at radius 1 is 1.32 bits per heavy atom. The standard InChI is InChI=1S/C14H24N4O/c1-5-7-16-13(19)6-8-15-12-9-11(4)17-14(18-12)10(2)3/h9-10H,5-8H2,1-4H3,(H,16,19)(H,15,17,18). The van der Waals surface area contributed by atoms with Gasteiger partial charge in [0.1, 0.15) is 11.6 Å². The molecule has 19 heavy (non-hydrogen) atoms. The van der Waals surface area contributed by atoms with Crippen molar-refractivity contribution < 1.29 is 4.79 Å². The van der Waals surface area contributed by atoms with Crippen LogP contribution in [0.1, 0.15) is 51.0 Å². The molecule has 5 heteroatoms. The molecule has 0 spiro atoms. The van der Waals surface area contributed by atoms with Crippen LogP contribution in [0.25, 0.3) is 0 Å². The largest absolute Gasteiger partial charge is 0.369 e. The number of rotatable bonds is 7. The van der Waals surface area contributed by atoms with E-state index in [9.17, 15) is 4.79 Å². The van der Waals surface area contributed by atoms with Gasteiger partial charge in [0.25, 0.3) is 0 Å². The number of nitrogens with zero attached hydrogens (tertiary/aromatic N) is 2. The minimum Gasteiger partial charge on any atom is -0.369 e. The van der Waals surface area contributed by atoms with Crippen LogP contribution in [0.4, 0.5) is 5.82 Å². The van der Waals surface area contributed by atoms with Crippen molar-refractivity contribution in [2.45, 2.75) is 46.5 Å². The molecule has 0 aromatic carbocycles. The quantitative estimate of drug-likeness (QED) is 0.792. The molecule has 0 aliphatic rings. The van der Waals surface area contributed by atoms with Crippen LogP contribution in [0, 0.1) is 6.92 Å². The molecule has 106 valence electrons. The van der Waals surface area contributed by atoms with E-state index in [1.807, 2.05) is 19.9 Å². The van der Waals surface area contributed by atoms with Crippen LogP contribution in [-0.2, 0) is 4.79 Å². The van der Waals surface area contributed by atoms with Crippen molar-refractivity contribution >= 4 is 11.7 Å². The van der Waals surface area contributed by atoms with Gasteiger partial charge < -0.3 is 10.6 Å². The number of nitrogens with one attached hydrogen (secondary N) is 2. The number of aryl methyl sites for hydroxylation is 1. The van der Waals surface area contributed by atoms with Crippen molar-refractivity contribution in [1.82, 2.24) is 15.3 Å². The molecule has 1 heterocycles. The topological polar surface area (TPSA) is 66.9 Å². The fourth-order valence-electron chi connectivity index (χ4n) is 1.60. The molecule has 0 radical (unpaired) electrons. The fraction of sp³-hybridized carbons (Fsp3) is 0.643. The van der Waals surface area contributed by atoms with Crippen LogP contribution in [0.15, 0.2) is 6.07 Å². The fourth-order valence-corrected chi connectivity index (χ4v) is 1.60. The molecule has 0 fully saturated rings. The Hall–Kier alpha value is -1.65. The highest BCUT2D eigenvalue weighted by molar-refractivity contribution is 5.76. The number of anilines is 1. The number of carbonyl (C=O) groups excluding carboxylic acids is 1. The number of hydrogen-bond acceptors (Lipinski definition) is 4. The highest BCUT2D eigenvalue weighted by Gasteiger charge is 2.06. The molecule has 0 aliphatic carbocycles. The van der Waals surface area contributed by atoms with Crippen molar-refractivity contribution in [3.63, 3.8) is 0 Å². The summed E-state index contributed by atoms with van der Waals surface area (Å²) in [6, 6.07) is 1.90. The lowest BCUT2D eigenvalue weighted by Crippen LogP contribution is -2.26. The van der Waals surface area contributed by atoms with E-state index in [0.717, 1.165) is 30.3 Å². The van der Waals surface area contributed by atoms with E-state index in [-0.39, 0.29) is 5.91 Å². The Balaban J connectivity index is 2.47. The van der Waals surface area contributed by atoms with Gasteiger partial charge in [0.05, 0.1) is 0 Å². The number of aromatic nitrogens is 2. The molecule has 1 aromatic rings. The summed E-state index contributed by atoms with van der Waals surface area (Å²) >= 11 is 0. The van der Waals surface area contributed by atoms with E-state index in [1.54, 1.807) is 0 Å². The molecular formula is C14H24N4O. The van der Waals surface area contributed by atoms with Gasteiger partial charge in [0.2, 0.25) is 5.91 Å². The highest BCUT2D eigenvalue weighted by Crippen LogP contribution is 2.13. The Morgan fingerprint density at radius 2 is 2.05 bits per heavy atom. The zero-order chi connectivity index (χ0) is 14.3. The smallest absolute Gasteiger partial charge is 0.221 e. The van der Waals surface area contributed by atoms with Gasteiger partial charge in [-0.25, -0.2) is 9.97 Å². The Kier molecular flexibility index (Phi) is 6.25. The van der Waals surface area contributed by atoms with E-state index < -0.39 is 0 Å². The molecule has 5 nitrogen and oxygen atoms in total. The first kappa shape index (κ1) is 15.4. The third-order valence-electron chi connectivity index (χ3n) is 2.62. The van der Waals surface area contributed by atoms with E-state index in [2.05, 4.69) is 34.4 Å². The van der Waals surface area contributed by atoms with Crippen LogP contribution in [0.5, 0.6) is 0 Å². The molecule has 1 aromatic heterocycles. The van der Waals surface area contributed by atoms with Crippen molar-refractivity contribution in [3.8, 4) is 0 Å². The summed E-state index contributed by atoms with van der Waals surface area (Å²) in [5.74, 6) is 2.00. The SMILES string of the molecule is CCCNC(=O)CCNc1cc(C)nc(C(C)C)n1. The van der Waals surface area contributed by atoms with Crippen LogP contribution in [0.3, 0.4) is 0 Å². The molecule has 2 N–H and O–H groups in total. The monoisotopic (exact) mass is 264 g/mol. The van der Waals surface area contributed by atoms with Gasteiger partial charge in [-0.05, 0) is 13.3 Å². The van der Waals surface area contributed by atoms with Gasteiger partial charge in [-0.15, -0.1) is 0 Å². The first-order chi connectivity index (χ1) is 9.02. The van der Waals surface area contributed by atoms with Gasteiger partial charge in [-0.1, -0.05) is 20.8 Å². The lowest BCUT2D eigenvalue weighted by Gasteiger charge is -2.10. The maximum absolute atomic E-state index is 11.5. The van der Waals surface area contributed by atoms with Crippen molar-refractivity contribution in [3.05, 3.63) is 17.6 Å². The molecule has 0 bridgehead atoms. The van der Waals surface area contributed by atoms with Crippen LogP contribution in [-0.4, -0.2) is 29.0 Å². The minimum absolute atomic E-state index is 0.0733. The molecule has 1 rings (SSSR count). The summed E-state index contributed by atoms with van der Waals surface area (Å²) in [7, 11) is 0. The van der Waals surface area contributed by atoms with Crippen LogP contribution < -0.4 is 10.6 Å². The second-order valence-corrected chi connectivity index (χ2v) is 4.93. The van der Waals surface area contributed by atoms with Gasteiger partial charge >= 0.3 is 0 Å². The zero-order valence-corrected chi connectivity index (χ0v) is 12.3.